The summed E-state index contributed by atoms with van der Waals surface area (Å²) in [5, 5.41) is 10.6. The predicted octanol–water partition coefficient (Wildman–Crippen LogP) is 22.1. The SMILES string of the molecule is CCCCCC/C=C\C=C/CCCCCCCC(=O)OC[C@H](COP(=O)(O)OCC(O)COP(=O)(O)OC[C@@H](COC(=O)CCCCCCCCCC(C)C)OC(=O)CCCCCCCCC(C)CC)OC(=O)CCCCCCCCCCCCCCCCCCCCC(C)C. The number of allylic oxidation sites excluding steroid dienone is 4. The van der Waals surface area contributed by atoms with Crippen LogP contribution in [0.3, 0.4) is 0 Å². The molecule has 0 saturated heterocycles. The number of rotatable bonds is 73. The Hall–Kier alpha value is -2.46. The zero-order valence-corrected chi connectivity index (χ0v) is 64.1. The molecule has 0 aromatic carbocycles. The van der Waals surface area contributed by atoms with Crippen molar-refractivity contribution in [3.63, 3.8) is 0 Å². The number of hydrogen-bond acceptors (Lipinski definition) is 15. The van der Waals surface area contributed by atoms with E-state index in [4.69, 9.17) is 37.0 Å². The lowest BCUT2D eigenvalue weighted by atomic mass is 10.00. The third-order valence-electron chi connectivity index (χ3n) is 17.6. The number of unbranched alkanes of at least 4 members (excludes halogenated alkanes) is 37. The summed E-state index contributed by atoms with van der Waals surface area (Å²) >= 11 is 0. The fourth-order valence-corrected chi connectivity index (χ4v) is 12.8. The zero-order chi connectivity index (χ0) is 70.9. The maximum atomic E-state index is 13.1. The minimum Gasteiger partial charge on any atom is -0.462 e. The average Bonchev–Trinajstić information content (AvgIpc) is 1.75. The van der Waals surface area contributed by atoms with E-state index in [9.17, 15) is 43.2 Å². The van der Waals surface area contributed by atoms with Gasteiger partial charge in [0.25, 0.3) is 0 Å². The van der Waals surface area contributed by atoms with E-state index in [2.05, 4.69) is 72.8 Å². The van der Waals surface area contributed by atoms with Gasteiger partial charge in [0, 0.05) is 25.7 Å². The fourth-order valence-electron chi connectivity index (χ4n) is 11.2. The Morgan fingerprint density at radius 1 is 0.344 bits per heavy atom. The van der Waals surface area contributed by atoms with Crippen molar-refractivity contribution in [2.24, 2.45) is 17.8 Å². The Labute approximate surface area is 586 Å². The number of carbonyl (C=O) groups is 4. The number of esters is 4. The van der Waals surface area contributed by atoms with E-state index in [1.165, 1.54) is 154 Å². The van der Waals surface area contributed by atoms with Crippen molar-refractivity contribution in [3.05, 3.63) is 24.3 Å². The molecular formula is C77H146O17P2. The van der Waals surface area contributed by atoms with Crippen LogP contribution in [0.15, 0.2) is 24.3 Å². The molecule has 0 aromatic rings. The molecule has 6 atom stereocenters. The van der Waals surface area contributed by atoms with E-state index < -0.39 is 97.5 Å². The first kappa shape index (κ1) is 93.5. The second-order valence-corrected chi connectivity index (χ2v) is 31.2. The second kappa shape index (κ2) is 67.1. The minimum absolute atomic E-state index is 0.0997. The normalized spacial score (nSPS) is 14.5. The molecule has 0 fully saturated rings. The van der Waals surface area contributed by atoms with Crippen LogP contribution >= 0.6 is 15.6 Å². The molecule has 0 aliphatic heterocycles. The van der Waals surface area contributed by atoms with Gasteiger partial charge in [-0.2, -0.15) is 0 Å². The summed E-state index contributed by atoms with van der Waals surface area (Å²) in [6, 6.07) is 0. The van der Waals surface area contributed by atoms with Crippen molar-refractivity contribution in [1.29, 1.82) is 0 Å². The lowest BCUT2D eigenvalue weighted by Crippen LogP contribution is -2.30. The highest BCUT2D eigenvalue weighted by Crippen LogP contribution is 2.45. The lowest BCUT2D eigenvalue weighted by molar-refractivity contribution is -0.161. The smallest absolute Gasteiger partial charge is 0.462 e. The van der Waals surface area contributed by atoms with Gasteiger partial charge < -0.3 is 33.8 Å². The van der Waals surface area contributed by atoms with Crippen LogP contribution in [0.4, 0.5) is 0 Å². The maximum Gasteiger partial charge on any atom is 0.472 e. The monoisotopic (exact) mass is 1410 g/mol. The third kappa shape index (κ3) is 68.7. The van der Waals surface area contributed by atoms with Gasteiger partial charge in [-0.05, 0) is 69.1 Å². The number of hydrogen-bond donors (Lipinski definition) is 3. The number of aliphatic hydroxyl groups excluding tert-OH is 1. The van der Waals surface area contributed by atoms with Crippen molar-refractivity contribution in [3.8, 4) is 0 Å². The van der Waals surface area contributed by atoms with E-state index in [1.54, 1.807) is 0 Å². The maximum absolute atomic E-state index is 13.1. The van der Waals surface area contributed by atoms with E-state index in [1.807, 2.05) is 0 Å². The molecule has 0 aromatic heterocycles. The second-order valence-electron chi connectivity index (χ2n) is 28.3. The van der Waals surface area contributed by atoms with Crippen LogP contribution in [-0.2, 0) is 65.4 Å². The summed E-state index contributed by atoms with van der Waals surface area (Å²) in [6.45, 7) is 11.8. The van der Waals surface area contributed by atoms with Crippen molar-refractivity contribution >= 4 is 39.5 Å². The molecule has 0 saturated carbocycles. The van der Waals surface area contributed by atoms with E-state index in [-0.39, 0.29) is 25.7 Å². The van der Waals surface area contributed by atoms with Crippen LogP contribution in [0.25, 0.3) is 0 Å². The van der Waals surface area contributed by atoms with E-state index in [0.717, 1.165) is 127 Å². The molecule has 0 aliphatic carbocycles. The number of aliphatic hydroxyl groups is 1. The summed E-state index contributed by atoms with van der Waals surface area (Å²) < 4.78 is 68.4. The Kier molecular flexibility index (Phi) is 65.3. The Balaban J connectivity index is 5.24. The predicted molar refractivity (Wildman–Crippen MR) is 390 cm³/mol. The molecule has 0 aliphatic rings. The van der Waals surface area contributed by atoms with Gasteiger partial charge in [0.15, 0.2) is 12.2 Å². The molecule has 4 unspecified atom stereocenters. The summed E-state index contributed by atoms with van der Waals surface area (Å²) in [7, 11) is -9.92. The Bertz CT molecular complexity index is 1970. The van der Waals surface area contributed by atoms with Crippen LogP contribution in [0.5, 0.6) is 0 Å². The molecular weight excluding hydrogens is 1260 g/mol. The largest absolute Gasteiger partial charge is 0.472 e. The molecule has 19 heteroatoms. The average molecular weight is 1410 g/mol. The molecule has 0 bridgehead atoms. The molecule has 0 amide bonds. The van der Waals surface area contributed by atoms with Gasteiger partial charge in [0.1, 0.15) is 19.3 Å². The van der Waals surface area contributed by atoms with Crippen molar-refractivity contribution in [2.45, 2.75) is 388 Å². The number of phosphoric acid groups is 2. The molecule has 96 heavy (non-hydrogen) atoms. The highest BCUT2D eigenvalue weighted by atomic mass is 31.2. The van der Waals surface area contributed by atoms with Gasteiger partial charge in [-0.3, -0.25) is 37.3 Å². The van der Waals surface area contributed by atoms with Crippen molar-refractivity contribution in [2.75, 3.05) is 39.6 Å². The first-order valence-corrected chi connectivity index (χ1v) is 42.2. The number of ether oxygens (including phenoxy) is 4. The molecule has 0 spiro atoms. The standard InChI is InChI=1S/C77H146O17P2/c1-8-10-11-12-13-14-15-16-21-25-28-31-36-44-51-58-74(79)87-64-72(93-76(81)60-53-46-37-32-29-26-23-20-18-17-19-22-24-27-30-34-41-48-55-68(3)4)66-91-95(83,84)89-62-71(78)63-90-96(85,86)92-67-73(94-77(82)61-54-47-40-39-43-50-57-70(7)9-2)65-88-75(80)59-52-45-38-33-35-42-49-56-69(5)6/h14-16,21,68-73,78H,8-13,17-20,22-67H2,1-7H3,(H,83,84)(H,85,86)/b15-14-,21-16-/t70?,71?,72-,73-/m1/s1. The lowest BCUT2D eigenvalue weighted by Gasteiger charge is -2.21. The molecule has 3 N–H and O–H groups in total. The molecule has 0 heterocycles. The van der Waals surface area contributed by atoms with Crippen molar-refractivity contribution < 1.29 is 80.2 Å². The van der Waals surface area contributed by atoms with E-state index >= 15 is 0 Å². The topological polar surface area (TPSA) is 237 Å². The first-order valence-electron chi connectivity index (χ1n) is 39.2. The van der Waals surface area contributed by atoms with Gasteiger partial charge in [-0.25, -0.2) is 9.13 Å². The van der Waals surface area contributed by atoms with Gasteiger partial charge in [0.05, 0.1) is 26.4 Å². The van der Waals surface area contributed by atoms with Crippen LogP contribution in [0, 0.1) is 17.8 Å². The van der Waals surface area contributed by atoms with Crippen LogP contribution in [-0.4, -0.2) is 96.7 Å². The summed E-state index contributed by atoms with van der Waals surface area (Å²) in [5.74, 6) is 0.0882. The summed E-state index contributed by atoms with van der Waals surface area (Å²) in [5.41, 5.74) is 0. The van der Waals surface area contributed by atoms with Gasteiger partial charge in [0.2, 0.25) is 0 Å². The van der Waals surface area contributed by atoms with Crippen LogP contribution in [0.1, 0.15) is 370 Å². The molecule has 17 nitrogen and oxygen atoms in total. The van der Waals surface area contributed by atoms with Gasteiger partial charge >= 0.3 is 39.5 Å². The molecule has 566 valence electrons. The molecule has 0 rings (SSSR count). The van der Waals surface area contributed by atoms with E-state index in [0.29, 0.717) is 31.6 Å². The third-order valence-corrected chi connectivity index (χ3v) is 19.5. The van der Waals surface area contributed by atoms with Crippen LogP contribution < -0.4 is 0 Å². The minimum atomic E-state index is -4.97. The zero-order valence-electron chi connectivity index (χ0n) is 62.3. The van der Waals surface area contributed by atoms with Crippen LogP contribution in [0.2, 0.25) is 0 Å². The molecule has 0 radical (unpaired) electrons. The highest BCUT2D eigenvalue weighted by molar-refractivity contribution is 7.47. The number of phosphoric ester groups is 2. The number of carbonyl (C=O) groups excluding carboxylic acids is 4. The van der Waals surface area contributed by atoms with Gasteiger partial charge in [-0.15, -0.1) is 0 Å². The Morgan fingerprint density at radius 3 is 0.927 bits per heavy atom. The highest BCUT2D eigenvalue weighted by Gasteiger charge is 2.30. The van der Waals surface area contributed by atoms with Crippen molar-refractivity contribution in [1.82, 2.24) is 0 Å². The quantitative estimate of drug-likeness (QED) is 0.0169. The fraction of sp³-hybridized carbons (Fsp3) is 0.896. The summed E-state index contributed by atoms with van der Waals surface area (Å²) in [4.78, 5) is 72.7. The first-order chi connectivity index (χ1) is 46.3. The van der Waals surface area contributed by atoms with Gasteiger partial charge in [-0.1, -0.05) is 317 Å². The summed E-state index contributed by atoms with van der Waals surface area (Å²) in [6.07, 6.45) is 56.6. The Morgan fingerprint density at radius 2 is 0.615 bits per heavy atom.